The largest absolute Gasteiger partial charge is 0.465 e. The predicted octanol–water partition coefficient (Wildman–Crippen LogP) is 2.84. The van der Waals surface area contributed by atoms with Gasteiger partial charge in [0.25, 0.3) is 0 Å². The normalized spacial score (nSPS) is 11.7. The number of hydrogen-bond acceptors (Lipinski definition) is 5. The number of amides is 1. The van der Waals surface area contributed by atoms with Crippen LogP contribution in [-0.4, -0.2) is 36.8 Å². The van der Waals surface area contributed by atoms with Gasteiger partial charge in [-0.3, -0.25) is 10.1 Å². The number of benzene rings is 1. The SMILES string of the molecule is CCN(CC)S(=O)(=O)c1ccc(NC(=S)NC(=O)/C=C/c2ccco2)cc1. The highest BCUT2D eigenvalue weighted by Crippen LogP contribution is 2.18. The fourth-order valence-corrected chi connectivity index (χ4v) is 3.96. The molecule has 0 radical (unpaired) electrons. The van der Waals surface area contributed by atoms with Gasteiger partial charge in [0.15, 0.2) is 5.11 Å². The van der Waals surface area contributed by atoms with E-state index in [9.17, 15) is 13.2 Å². The minimum absolute atomic E-state index is 0.100. The van der Waals surface area contributed by atoms with Crippen molar-refractivity contribution >= 4 is 45.0 Å². The summed E-state index contributed by atoms with van der Waals surface area (Å²) >= 11 is 5.09. The minimum atomic E-state index is -3.51. The van der Waals surface area contributed by atoms with Crippen LogP contribution in [0.2, 0.25) is 0 Å². The Bertz CT molecular complexity index is 901. The topological polar surface area (TPSA) is 91.7 Å². The third-order valence-electron chi connectivity index (χ3n) is 3.63. The maximum Gasteiger partial charge on any atom is 0.250 e. The van der Waals surface area contributed by atoms with Gasteiger partial charge in [0.05, 0.1) is 11.2 Å². The lowest BCUT2D eigenvalue weighted by Gasteiger charge is -2.18. The third-order valence-corrected chi connectivity index (χ3v) is 5.90. The summed E-state index contributed by atoms with van der Waals surface area (Å²) in [5, 5.41) is 5.43. The Morgan fingerprint density at radius 2 is 1.85 bits per heavy atom. The molecule has 144 valence electrons. The zero-order chi connectivity index (χ0) is 19.9. The van der Waals surface area contributed by atoms with Crippen molar-refractivity contribution in [3.05, 3.63) is 54.5 Å². The van der Waals surface area contributed by atoms with Crippen molar-refractivity contribution in [1.29, 1.82) is 0 Å². The van der Waals surface area contributed by atoms with E-state index >= 15 is 0 Å². The molecule has 1 amide bonds. The molecule has 0 aliphatic carbocycles. The van der Waals surface area contributed by atoms with Crippen molar-refractivity contribution in [2.24, 2.45) is 0 Å². The van der Waals surface area contributed by atoms with Crippen LogP contribution in [-0.2, 0) is 14.8 Å². The molecule has 0 spiro atoms. The molecule has 2 N–H and O–H groups in total. The summed E-state index contributed by atoms with van der Waals surface area (Å²) < 4.78 is 31.4. The smallest absolute Gasteiger partial charge is 0.250 e. The van der Waals surface area contributed by atoms with Crippen molar-refractivity contribution in [2.45, 2.75) is 18.7 Å². The molecule has 7 nitrogen and oxygen atoms in total. The summed E-state index contributed by atoms with van der Waals surface area (Å²) in [5.74, 6) is 0.138. The first-order valence-corrected chi connectivity index (χ1v) is 10.2. The molecule has 0 atom stereocenters. The predicted molar refractivity (Wildman–Crippen MR) is 109 cm³/mol. The summed E-state index contributed by atoms with van der Waals surface area (Å²) in [6, 6.07) is 9.61. The summed E-state index contributed by atoms with van der Waals surface area (Å²) in [6.45, 7) is 4.39. The molecule has 0 bridgehead atoms. The summed E-state index contributed by atoms with van der Waals surface area (Å²) in [4.78, 5) is 12.0. The highest BCUT2D eigenvalue weighted by Gasteiger charge is 2.21. The van der Waals surface area contributed by atoms with Gasteiger partial charge in [0.2, 0.25) is 15.9 Å². The quantitative estimate of drug-likeness (QED) is 0.542. The molecule has 1 aromatic carbocycles. The van der Waals surface area contributed by atoms with Crippen LogP contribution in [0.1, 0.15) is 19.6 Å². The zero-order valence-electron chi connectivity index (χ0n) is 15.0. The Morgan fingerprint density at radius 3 is 2.41 bits per heavy atom. The van der Waals surface area contributed by atoms with Gasteiger partial charge in [-0.2, -0.15) is 4.31 Å². The van der Waals surface area contributed by atoms with Crippen molar-refractivity contribution in [3.8, 4) is 0 Å². The van der Waals surface area contributed by atoms with Gasteiger partial charge in [0.1, 0.15) is 5.76 Å². The van der Waals surface area contributed by atoms with Gasteiger partial charge >= 0.3 is 0 Å². The van der Waals surface area contributed by atoms with Crippen LogP contribution < -0.4 is 10.6 Å². The van der Waals surface area contributed by atoms with Gasteiger partial charge in [-0.05, 0) is 54.7 Å². The van der Waals surface area contributed by atoms with Gasteiger partial charge < -0.3 is 9.73 Å². The van der Waals surface area contributed by atoms with E-state index in [1.165, 1.54) is 34.9 Å². The molecule has 9 heteroatoms. The molecule has 0 saturated carbocycles. The molecule has 2 rings (SSSR count). The Hall–Kier alpha value is -2.49. The first kappa shape index (κ1) is 20.8. The number of anilines is 1. The summed E-state index contributed by atoms with van der Waals surface area (Å²) in [7, 11) is -3.51. The fraction of sp³-hybridized carbons (Fsp3) is 0.222. The van der Waals surface area contributed by atoms with E-state index in [0.717, 1.165) is 0 Å². The molecule has 0 fully saturated rings. The molecular weight excluding hydrogens is 386 g/mol. The van der Waals surface area contributed by atoms with Crippen molar-refractivity contribution < 1.29 is 17.6 Å². The number of furan rings is 1. The van der Waals surface area contributed by atoms with Crippen molar-refractivity contribution in [1.82, 2.24) is 9.62 Å². The molecule has 0 saturated heterocycles. The molecule has 2 aromatic rings. The first-order chi connectivity index (χ1) is 12.9. The molecule has 0 unspecified atom stereocenters. The van der Waals surface area contributed by atoms with Gasteiger partial charge in [-0.1, -0.05) is 13.8 Å². The Balaban J connectivity index is 1.95. The van der Waals surface area contributed by atoms with E-state index in [2.05, 4.69) is 10.6 Å². The summed E-state index contributed by atoms with van der Waals surface area (Å²) in [5.41, 5.74) is 0.564. The van der Waals surface area contributed by atoms with E-state index in [1.54, 1.807) is 38.1 Å². The van der Waals surface area contributed by atoms with Gasteiger partial charge in [0, 0.05) is 24.9 Å². The lowest BCUT2D eigenvalue weighted by atomic mass is 10.3. The molecule has 27 heavy (non-hydrogen) atoms. The fourth-order valence-electron chi connectivity index (χ4n) is 2.28. The van der Waals surface area contributed by atoms with E-state index in [0.29, 0.717) is 24.5 Å². The number of nitrogens with zero attached hydrogens (tertiary/aromatic N) is 1. The zero-order valence-corrected chi connectivity index (χ0v) is 16.6. The van der Waals surface area contributed by atoms with E-state index in [1.807, 2.05) is 0 Å². The average molecular weight is 408 g/mol. The van der Waals surface area contributed by atoms with E-state index < -0.39 is 15.9 Å². The number of hydrogen-bond donors (Lipinski definition) is 2. The lowest BCUT2D eigenvalue weighted by molar-refractivity contribution is -0.115. The summed E-state index contributed by atoms with van der Waals surface area (Å²) in [6.07, 6.45) is 4.32. The Kier molecular flexibility index (Phi) is 7.28. The molecule has 0 aliphatic rings. The van der Waals surface area contributed by atoms with E-state index in [4.69, 9.17) is 16.6 Å². The number of rotatable bonds is 7. The van der Waals surface area contributed by atoms with Crippen molar-refractivity contribution in [2.75, 3.05) is 18.4 Å². The first-order valence-electron chi connectivity index (χ1n) is 8.30. The molecule has 1 aromatic heterocycles. The maximum absolute atomic E-state index is 12.5. The number of carbonyl (C=O) groups excluding carboxylic acids is 1. The molecule has 0 aliphatic heterocycles. The van der Waals surface area contributed by atoms with Crippen LogP contribution in [0.25, 0.3) is 6.08 Å². The Labute approximate surface area is 164 Å². The Morgan fingerprint density at radius 1 is 1.19 bits per heavy atom. The van der Waals surface area contributed by atoms with Crippen LogP contribution in [0.3, 0.4) is 0 Å². The number of sulfonamides is 1. The van der Waals surface area contributed by atoms with Crippen LogP contribution in [0.15, 0.2) is 58.1 Å². The number of carbonyl (C=O) groups is 1. The molecule has 1 heterocycles. The third kappa shape index (κ3) is 5.75. The van der Waals surface area contributed by atoms with Gasteiger partial charge in [-0.25, -0.2) is 8.42 Å². The van der Waals surface area contributed by atoms with Gasteiger partial charge in [-0.15, -0.1) is 0 Å². The lowest BCUT2D eigenvalue weighted by Crippen LogP contribution is -2.33. The highest BCUT2D eigenvalue weighted by molar-refractivity contribution is 7.89. The number of nitrogens with one attached hydrogen (secondary N) is 2. The standard InChI is InChI=1S/C18H21N3O4S2/c1-3-21(4-2)27(23,24)16-10-7-14(8-11-16)19-18(26)20-17(22)12-9-15-6-5-13-25-15/h5-13H,3-4H2,1-2H3,(H2,19,20,22,26)/b12-9+. The van der Waals surface area contributed by atoms with Crippen LogP contribution in [0.4, 0.5) is 5.69 Å². The van der Waals surface area contributed by atoms with Crippen LogP contribution >= 0.6 is 12.2 Å². The monoisotopic (exact) mass is 407 g/mol. The minimum Gasteiger partial charge on any atom is -0.465 e. The van der Waals surface area contributed by atoms with Crippen LogP contribution in [0.5, 0.6) is 0 Å². The number of thiocarbonyl (C=S) groups is 1. The van der Waals surface area contributed by atoms with Crippen LogP contribution in [0, 0.1) is 0 Å². The maximum atomic E-state index is 12.5. The second-order valence-corrected chi connectivity index (χ2v) is 7.75. The second-order valence-electron chi connectivity index (χ2n) is 5.41. The van der Waals surface area contributed by atoms with E-state index in [-0.39, 0.29) is 10.0 Å². The average Bonchev–Trinajstić information content (AvgIpc) is 3.14. The van der Waals surface area contributed by atoms with Crippen molar-refractivity contribution in [3.63, 3.8) is 0 Å². The second kappa shape index (κ2) is 9.45. The highest BCUT2D eigenvalue weighted by atomic mass is 32.2. The molecular formula is C18H21N3O4S2.